The van der Waals surface area contributed by atoms with Crippen molar-refractivity contribution in [2.75, 3.05) is 20.3 Å². The summed E-state index contributed by atoms with van der Waals surface area (Å²) in [5, 5.41) is 0.631. The molecule has 1 aromatic carbocycles. The SMILES string of the molecule is COc1ccc(C(OCCN)C2CC2)cc1Cl. The van der Waals surface area contributed by atoms with Crippen molar-refractivity contribution in [1.29, 1.82) is 0 Å². The Morgan fingerprint density at radius 2 is 2.24 bits per heavy atom. The number of hydrogen-bond donors (Lipinski definition) is 1. The third-order valence-corrected chi connectivity index (χ3v) is 3.27. The van der Waals surface area contributed by atoms with E-state index in [-0.39, 0.29) is 6.10 Å². The van der Waals surface area contributed by atoms with E-state index < -0.39 is 0 Å². The molecule has 2 rings (SSSR count). The molecule has 1 aliphatic carbocycles. The predicted octanol–water partition coefficient (Wildman–Crippen LogP) is 2.78. The number of methoxy groups -OCH3 is 1. The molecule has 1 fully saturated rings. The number of halogens is 1. The van der Waals surface area contributed by atoms with Gasteiger partial charge in [0.05, 0.1) is 24.8 Å². The molecule has 0 saturated heterocycles. The summed E-state index contributed by atoms with van der Waals surface area (Å²) in [7, 11) is 1.62. The van der Waals surface area contributed by atoms with Crippen molar-refractivity contribution in [3.05, 3.63) is 28.8 Å². The fraction of sp³-hybridized carbons (Fsp3) is 0.538. The first kappa shape index (κ1) is 12.7. The highest BCUT2D eigenvalue weighted by molar-refractivity contribution is 6.32. The summed E-state index contributed by atoms with van der Waals surface area (Å²) in [4.78, 5) is 0. The van der Waals surface area contributed by atoms with Crippen LogP contribution in [0, 0.1) is 5.92 Å². The zero-order chi connectivity index (χ0) is 12.3. The topological polar surface area (TPSA) is 44.5 Å². The highest BCUT2D eigenvalue weighted by Crippen LogP contribution is 2.44. The summed E-state index contributed by atoms with van der Waals surface area (Å²) in [6, 6.07) is 5.84. The minimum atomic E-state index is 0.127. The summed E-state index contributed by atoms with van der Waals surface area (Å²) in [5.74, 6) is 1.31. The highest BCUT2D eigenvalue weighted by atomic mass is 35.5. The third-order valence-electron chi connectivity index (χ3n) is 2.97. The lowest BCUT2D eigenvalue weighted by Gasteiger charge is -2.18. The quantitative estimate of drug-likeness (QED) is 0.850. The van der Waals surface area contributed by atoms with Gasteiger partial charge in [0, 0.05) is 6.54 Å². The molecule has 4 heteroatoms. The van der Waals surface area contributed by atoms with Crippen molar-refractivity contribution in [2.45, 2.75) is 18.9 Å². The fourth-order valence-electron chi connectivity index (χ4n) is 1.96. The summed E-state index contributed by atoms with van der Waals surface area (Å²) in [5.41, 5.74) is 6.60. The Morgan fingerprint density at radius 3 is 2.76 bits per heavy atom. The lowest BCUT2D eigenvalue weighted by molar-refractivity contribution is 0.0424. The maximum absolute atomic E-state index is 6.13. The minimum Gasteiger partial charge on any atom is -0.495 e. The van der Waals surface area contributed by atoms with E-state index in [1.165, 1.54) is 12.8 Å². The number of ether oxygens (including phenoxy) is 2. The lowest BCUT2D eigenvalue weighted by atomic mass is 10.1. The van der Waals surface area contributed by atoms with Gasteiger partial charge in [-0.05, 0) is 36.5 Å². The standard InChI is InChI=1S/C13H18ClNO2/c1-16-12-5-4-10(8-11(12)14)13(9-2-3-9)17-7-6-15/h4-5,8-9,13H,2-3,6-7,15H2,1H3. The Hall–Kier alpha value is -0.770. The van der Waals surface area contributed by atoms with Gasteiger partial charge < -0.3 is 15.2 Å². The second-order valence-corrected chi connectivity index (χ2v) is 4.72. The van der Waals surface area contributed by atoms with E-state index in [4.69, 9.17) is 26.8 Å². The van der Waals surface area contributed by atoms with Gasteiger partial charge in [-0.2, -0.15) is 0 Å². The molecule has 0 spiro atoms. The molecule has 0 aliphatic heterocycles. The van der Waals surface area contributed by atoms with Crippen molar-refractivity contribution in [3.8, 4) is 5.75 Å². The van der Waals surface area contributed by atoms with Gasteiger partial charge in [0.2, 0.25) is 0 Å². The normalized spacial score (nSPS) is 16.9. The van der Waals surface area contributed by atoms with Crippen LogP contribution in [0.15, 0.2) is 18.2 Å². The first-order valence-electron chi connectivity index (χ1n) is 5.91. The van der Waals surface area contributed by atoms with Gasteiger partial charge in [-0.25, -0.2) is 0 Å². The molecule has 1 atom stereocenters. The first-order valence-corrected chi connectivity index (χ1v) is 6.29. The van der Waals surface area contributed by atoms with Crippen LogP contribution in [0.5, 0.6) is 5.75 Å². The van der Waals surface area contributed by atoms with Crippen LogP contribution < -0.4 is 10.5 Å². The molecule has 3 nitrogen and oxygen atoms in total. The number of hydrogen-bond acceptors (Lipinski definition) is 3. The summed E-state index contributed by atoms with van der Waals surface area (Å²) in [6.07, 6.45) is 2.57. The Balaban J connectivity index is 2.14. The molecule has 1 saturated carbocycles. The van der Waals surface area contributed by atoms with Crippen molar-refractivity contribution >= 4 is 11.6 Å². The van der Waals surface area contributed by atoms with Gasteiger partial charge in [-0.15, -0.1) is 0 Å². The van der Waals surface area contributed by atoms with Crippen LogP contribution in [0.3, 0.4) is 0 Å². The molecule has 0 aromatic heterocycles. The second-order valence-electron chi connectivity index (χ2n) is 4.31. The summed E-state index contributed by atoms with van der Waals surface area (Å²) in [6.45, 7) is 1.14. The molecule has 1 aliphatic rings. The fourth-order valence-corrected chi connectivity index (χ4v) is 2.22. The Kier molecular flexibility index (Phi) is 4.26. The lowest BCUT2D eigenvalue weighted by Crippen LogP contribution is -2.14. The Labute approximate surface area is 107 Å². The van der Waals surface area contributed by atoms with Crippen molar-refractivity contribution in [1.82, 2.24) is 0 Å². The molecule has 0 amide bonds. The first-order chi connectivity index (χ1) is 8.26. The Bertz CT molecular complexity index is 380. The van der Waals surface area contributed by atoms with Crippen molar-refractivity contribution in [3.63, 3.8) is 0 Å². The van der Waals surface area contributed by atoms with Gasteiger partial charge in [0.25, 0.3) is 0 Å². The van der Waals surface area contributed by atoms with Gasteiger partial charge >= 0.3 is 0 Å². The van der Waals surface area contributed by atoms with Crippen molar-refractivity contribution < 1.29 is 9.47 Å². The zero-order valence-corrected chi connectivity index (χ0v) is 10.7. The highest BCUT2D eigenvalue weighted by Gasteiger charge is 2.33. The average Bonchev–Trinajstić information content (AvgIpc) is 3.14. The molecular weight excluding hydrogens is 238 g/mol. The van der Waals surface area contributed by atoms with Crippen LogP contribution in [-0.4, -0.2) is 20.3 Å². The van der Waals surface area contributed by atoms with Crippen LogP contribution in [0.2, 0.25) is 5.02 Å². The van der Waals surface area contributed by atoms with Crippen LogP contribution in [0.25, 0.3) is 0 Å². The van der Waals surface area contributed by atoms with E-state index in [2.05, 4.69) is 0 Å². The molecule has 0 heterocycles. The monoisotopic (exact) mass is 255 g/mol. The molecule has 1 aromatic rings. The number of nitrogens with two attached hydrogens (primary N) is 1. The summed E-state index contributed by atoms with van der Waals surface area (Å²) < 4.78 is 10.9. The molecule has 17 heavy (non-hydrogen) atoms. The average molecular weight is 256 g/mol. The van der Waals surface area contributed by atoms with E-state index in [0.29, 0.717) is 29.8 Å². The zero-order valence-electron chi connectivity index (χ0n) is 9.99. The largest absolute Gasteiger partial charge is 0.495 e. The molecule has 94 valence electrons. The van der Waals surface area contributed by atoms with Crippen LogP contribution in [-0.2, 0) is 4.74 Å². The Morgan fingerprint density at radius 1 is 1.47 bits per heavy atom. The maximum Gasteiger partial charge on any atom is 0.137 e. The van der Waals surface area contributed by atoms with E-state index in [0.717, 1.165) is 5.56 Å². The third kappa shape index (κ3) is 3.12. The molecule has 0 bridgehead atoms. The molecule has 0 radical (unpaired) electrons. The number of rotatable bonds is 6. The van der Waals surface area contributed by atoms with Crippen LogP contribution >= 0.6 is 11.6 Å². The van der Waals surface area contributed by atoms with E-state index in [9.17, 15) is 0 Å². The smallest absolute Gasteiger partial charge is 0.137 e. The maximum atomic E-state index is 6.13. The van der Waals surface area contributed by atoms with E-state index in [1.807, 2.05) is 18.2 Å². The second kappa shape index (κ2) is 5.71. The van der Waals surface area contributed by atoms with Crippen LogP contribution in [0.1, 0.15) is 24.5 Å². The molecular formula is C13H18ClNO2. The van der Waals surface area contributed by atoms with Gasteiger partial charge in [0.15, 0.2) is 0 Å². The molecule has 1 unspecified atom stereocenters. The van der Waals surface area contributed by atoms with Gasteiger partial charge in [-0.3, -0.25) is 0 Å². The van der Waals surface area contributed by atoms with Crippen molar-refractivity contribution in [2.24, 2.45) is 11.7 Å². The minimum absolute atomic E-state index is 0.127. The number of benzene rings is 1. The van der Waals surface area contributed by atoms with E-state index in [1.54, 1.807) is 7.11 Å². The summed E-state index contributed by atoms with van der Waals surface area (Å²) >= 11 is 6.13. The van der Waals surface area contributed by atoms with Gasteiger partial charge in [-0.1, -0.05) is 17.7 Å². The van der Waals surface area contributed by atoms with Gasteiger partial charge in [0.1, 0.15) is 5.75 Å². The van der Waals surface area contributed by atoms with E-state index >= 15 is 0 Å². The molecule has 2 N–H and O–H groups in total. The predicted molar refractivity (Wildman–Crippen MR) is 68.5 cm³/mol. The van der Waals surface area contributed by atoms with Crippen LogP contribution in [0.4, 0.5) is 0 Å².